The fraction of sp³-hybridized carbons (Fsp3) is 0.270. The molecule has 6 rings (SSSR count). The Morgan fingerprint density at radius 2 is 1.58 bits per heavy atom. The molecule has 2 aliphatic heterocycles. The van der Waals surface area contributed by atoms with Crippen LogP contribution in [0, 0.1) is 0 Å². The van der Waals surface area contributed by atoms with Gasteiger partial charge in [0.05, 0.1) is 23.4 Å². The Labute approximate surface area is 288 Å². The second kappa shape index (κ2) is 14.2. The molecular formula is C37H36N6O7. The summed E-state index contributed by atoms with van der Waals surface area (Å²) in [4.78, 5) is 70.0. The molecule has 1 atom stereocenters. The zero-order valence-corrected chi connectivity index (χ0v) is 27.6. The van der Waals surface area contributed by atoms with E-state index in [4.69, 9.17) is 15.2 Å². The van der Waals surface area contributed by atoms with Gasteiger partial charge in [-0.2, -0.15) is 0 Å². The fourth-order valence-electron chi connectivity index (χ4n) is 5.93. The molecule has 3 heterocycles. The lowest BCUT2D eigenvalue weighted by Crippen LogP contribution is -2.54. The topological polar surface area (TPSA) is 183 Å². The van der Waals surface area contributed by atoms with Crippen molar-refractivity contribution in [3.63, 3.8) is 0 Å². The molecule has 0 spiro atoms. The van der Waals surface area contributed by atoms with Gasteiger partial charge < -0.3 is 20.5 Å². The molecule has 4 aromatic rings. The average Bonchev–Trinajstić information content (AvgIpc) is 3.36. The Morgan fingerprint density at radius 3 is 2.24 bits per heavy atom. The monoisotopic (exact) mass is 676 g/mol. The first kappa shape index (κ1) is 33.8. The van der Waals surface area contributed by atoms with E-state index in [9.17, 15) is 24.0 Å². The summed E-state index contributed by atoms with van der Waals surface area (Å²) in [6.45, 7) is 5.49. The summed E-state index contributed by atoms with van der Waals surface area (Å²) in [7, 11) is 0. The first-order valence-electron chi connectivity index (χ1n) is 16.2. The highest BCUT2D eigenvalue weighted by atomic mass is 16.5. The standard InChI is InChI=1S/C37H36N6O7/c1-37(2,23-6-11-27(12-7-23)50-21-25-16-18-40-33(41-25)32(38)45)22-4-9-26(10-5-22)49-19-3-17-39-24-8-13-28-29(20-24)36(48)43(35(28)47)30-14-15-31(44)42-34(30)46/h4-13,16,18,20,30,39H,3,14-15,17,19,21H2,1-2H3,(H2,38,45)(H,42,44,46). The van der Waals surface area contributed by atoms with Crippen LogP contribution in [-0.2, 0) is 21.6 Å². The second-order valence-corrected chi connectivity index (χ2v) is 12.5. The van der Waals surface area contributed by atoms with Crippen LogP contribution < -0.4 is 25.8 Å². The third-order valence-corrected chi connectivity index (χ3v) is 8.83. The van der Waals surface area contributed by atoms with E-state index in [0.717, 1.165) is 21.8 Å². The maximum atomic E-state index is 13.1. The van der Waals surface area contributed by atoms with Gasteiger partial charge in [-0.15, -0.1) is 0 Å². The van der Waals surface area contributed by atoms with Gasteiger partial charge in [-0.3, -0.25) is 34.2 Å². The van der Waals surface area contributed by atoms with Gasteiger partial charge in [-0.05, 0) is 72.5 Å². The number of piperidine rings is 1. The Balaban J connectivity index is 0.965. The number of primary amides is 1. The number of benzene rings is 3. The number of hydrogen-bond donors (Lipinski definition) is 3. The van der Waals surface area contributed by atoms with E-state index >= 15 is 0 Å². The fourth-order valence-corrected chi connectivity index (χ4v) is 5.93. The van der Waals surface area contributed by atoms with E-state index in [2.05, 4.69) is 34.4 Å². The SMILES string of the molecule is CC(C)(c1ccc(OCCCNc2ccc3c(c2)C(=O)N(C2CCC(=O)NC2=O)C3=O)cc1)c1ccc(OCc2ccnc(C(N)=O)n2)cc1. The van der Waals surface area contributed by atoms with Crippen LogP contribution in [0.3, 0.4) is 0 Å². The molecule has 3 aromatic carbocycles. The van der Waals surface area contributed by atoms with Crippen molar-refractivity contribution >= 4 is 35.2 Å². The average molecular weight is 677 g/mol. The Hall–Kier alpha value is -6.11. The largest absolute Gasteiger partial charge is 0.494 e. The lowest BCUT2D eigenvalue weighted by molar-refractivity contribution is -0.136. The number of carbonyl (C=O) groups is 5. The molecule has 1 fully saturated rings. The van der Waals surface area contributed by atoms with Gasteiger partial charge >= 0.3 is 0 Å². The molecule has 0 bridgehead atoms. The molecule has 1 aromatic heterocycles. The molecule has 50 heavy (non-hydrogen) atoms. The van der Waals surface area contributed by atoms with Crippen molar-refractivity contribution in [1.29, 1.82) is 0 Å². The van der Waals surface area contributed by atoms with Gasteiger partial charge in [0.2, 0.25) is 17.6 Å². The number of nitrogens with one attached hydrogen (secondary N) is 2. The van der Waals surface area contributed by atoms with Crippen LogP contribution in [0.4, 0.5) is 5.69 Å². The minimum Gasteiger partial charge on any atom is -0.494 e. The molecule has 0 saturated carbocycles. The van der Waals surface area contributed by atoms with Gasteiger partial charge in [0, 0.05) is 30.3 Å². The molecule has 0 aliphatic carbocycles. The van der Waals surface area contributed by atoms with E-state index < -0.39 is 35.6 Å². The Bertz CT molecular complexity index is 1960. The number of aromatic nitrogens is 2. The lowest BCUT2D eigenvalue weighted by Gasteiger charge is -2.27. The number of ether oxygens (including phenoxy) is 2. The number of anilines is 1. The minimum atomic E-state index is -0.995. The highest BCUT2D eigenvalue weighted by Gasteiger charge is 2.44. The normalized spacial score (nSPS) is 15.8. The smallest absolute Gasteiger partial charge is 0.286 e. The number of nitrogens with two attached hydrogens (primary N) is 1. The molecule has 2 aliphatic rings. The number of fused-ring (bicyclic) bond motifs is 1. The molecule has 1 saturated heterocycles. The van der Waals surface area contributed by atoms with Gasteiger partial charge in [-0.1, -0.05) is 38.1 Å². The molecule has 13 nitrogen and oxygen atoms in total. The van der Waals surface area contributed by atoms with Crippen LogP contribution in [0.5, 0.6) is 11.5 Å². The van der Waals surface area contributed by atoms with Crippen molar-refractivity contribution in [1.82, 2.24) is 20.2 Å². The first-order chi connectivity index (χ1) is 24.0. The highest BCUT2D eigenvalue weighted by Crippen LogP contribution is 2.34. The van der Waals surface area contributed by atoms with Crippen LogP contribution in [0.2, 0.25) is 0 Å². The summed E-state index contributed by atoms with van der Waals surface area (Å²) in [5.74, 6) is -1.45. The molecule has 13 heteroatoms. The van der Waals surface area contributed by atoms with Crippen LogP contribution >= 0.6 is 0 Å². The molecule has 1 unspecified atom stereocenters. The predicted octanol–water partition coefficient (Wildman–Crippen LogP) is 3.76. The van der Waals surface area contributed by atoms with E-state index in [1.165, 1.54) is 6.20 Å². The number of nitrogens with zero attached hydrogens (tertiary/aromatic N) is 3. The minimum absolute atomic E-state index is 0.0497. The maximum Gasteiger partial charge on any atom is 0.286 e. The predicted molar refractivity (Wildman–Crippen MR) is 182 cm³/mol. The maximum absolute atomic E-state index is 13.1. The number of hydrogen-bond acceptors (Lipinski definition) is 10. The van der Waals surface area contributed by atoms with Gasteiger partial charge in [0.15, 0.2) is 0 Å². The molecule has 0 radical (unpaired) electrons. The number of rotatable bonds is 13. The van der Waals surface area contributed by atoms with Crippen LogP contribution in [-0.4, -0.2) is 63.6 Å². The number of imide groups is 2. The van der Waals surface area contributed by atoms with Crippen molar-refractivity contribution in [3.8, 4) is 11.5 Å². The highest BCUT2D eigenvalue weighted by molar-refractivity contribution is 6.23. The van der Waals surface area contributed by atoms with Crippen LogP contribution in [0.1, 0.15) is 81.3 Å². The van der Waals surface area contributed by atoms with E-state index in [-0.39, 0.29) is 41.8 Å². The van der Waals surface area contributed by atoms with Crippen molar-refractivity contribution in [2.75, 3.05) is 18.5 Å². The van der Waals surface area contributed by atoms with Gasteiger partial charge in [0.1, 0.15) is 24.1 Å². The zero-order valence-electron chi connectivity index (χ0n) is 27.6. The van der Waals surface area contributed by atoms with E-state index in [1.807, 2.05) is 48.5 Å². The number of carbonyl (C=O) groups excluding carboxylic acids is 5. The van der Waals surface area contributed by atoms with Gasteiger partial charge in [0.25, 0.3) is 17.7 Å². The van der Waals surface area contributed by atoms with Crippen molar-refractivity contribution in [2.24, 2.45) is 5.73 Å². The van der Waals surface area contributed by atoms with Crippen molar-refractivity contribution < 1.29 is 33.4 Å². The zero-order chi connectivity index (χ0) is 35.4. The molecular weight excluding hydrogens is 640 g/mol. The summed E-state index contributed by atoms with van der Waals surface area (Å²) >= 11 is 0. The van der Waals surface area contributed by atoms with Crippen molar-refractivity contribution in [3.05, 3.63) is 113 Å². The Morgan fingerprint density at radius 1 is 0.920 bits per heavy atom. The van der Waals surface area contributed by atoms with Crippen molar-refractivity contribution in [2.45, 2.75) is 51.2 Å². The molecule has 5 amide bonds. The third-order valence-electron chi connectivity index (χ3n) is 8.83. The summed E-state index contributed by atoms with van der Waals surface area (Å²) in [5.41, 5.74) is 8.87. The molecule has 4 N–H and O–H groups in total. The summed E-state index contributed by atoms with van der Waals surface area (Å²) in [6, 6.07) is 21.4. The molecule has 256 valence electrons. The van der Waals surface area contributed by atoms with Gasteiger partial charge in [-0.25, -0.2) is 9.97 Å². The third kappa shape index (κ3) is 7.16. The quantitative estimate of drug-likeness (QED) is 0.139. The lowest BCUT2D eigenvalue weighted by atomic mass is 9.78. The van der Waals surface area contributed by atoms with Crippen LogP contribution in [0.25, 0.3) is 0 Å². The Kier molecular flexibility index (Phi) is 9.57. The van der Waals surface area contributed by atoms with E-state index in [1.54, 1.807) is 24.3 Å². The summed E-state index contributed by atoms with van der Waals surface area (Å²) in [6.07, 6.45) is 2.34. The second-order valence-electron chi connectivity index (χ2n) is 12.5. The first-order valence-corrected chi connectivity index (χ1v) is 16.2. The summed E-state index contributed by atoms with van der Waals surface area (Å²) < 4.78 is 11.8. The number of amides is 5. The summed E-state index contributed by atoms with van der Waals surface area (Å²) in [5, 5.41) is 5.46. The van der Waals surface area contributed by atoms with Crippen LogP contribution in [0.15, 0.2) is 79.0 Å². The van der Waals surface area contributed by atoms with E-state index in [0.29, 0.717) is 36.7 Å².